The molecule has 0 heterocycles. The molecule has 0 radical (unpaired) electrons. The van der Waals surface area contributed by atoms with Crippen LogP contribution in [0.5, 0.6) is 0 Å². The summed E-state index contributed by atoms with van der Waals surface area (Å²) in [4.78, 5) is 0. The van der Waals surface area contributed by atoms with Crippen LogP contribution in [0, 0.1) is 0 Å². The molecule has 0 saturated carbocycles. The number of rotatable bonds is 1. The van der Waals surface area contributed by atoms with Crippen LogP contribution in [0.3, 0.4) is 0 Å². The Morgan fingerprint density at radius 3 is 0.750 bits per heavy atom. The van der Waals surface area contributed by atoms with Crippen LogP contribution < -0.4 is 0 Å². The molecule has 0 saturated heterocycles. The van der Waals surface area contributed by atoms with E-state index >= 15 is 0 Å². The van der Waals surface area contributed by atoms with Gasteiger partial charge < -0.3 is 10.2 Å². The van der Waals surface area contributed by atoms with Crippen molar-refractivity contribution >= 4 is 118 Å². The standard InChI is InChI=1S/C2H6O2.4Na.4H/c3-1-2-4;;;;;;;;/h3-4H,1-2H2;;;;;;;;. The second kappa shape index (κ2) is 30.7. The second-order valence-corrected chi connectivity index (χ2v) is 0.447. The van der Waals surface area contributed by atoms with Gasteiger partial charge in [0.15, 0.2) is 0 Å². The van der Waals surface area contributed by atoms with Crippen LogP contribution in [-0.2, 0) is 0 Å². The molecule has 0 spiro atoms. The van der Waals surface area contributed by atoms with Crippen LogP contribution in [-0.4, -0.2) is 142 Å². The topological polar surface area (TPSA) is 40.5 Å². The van der Waals surface area contributed by atoms with Gasteiger partial charge in [0, 0.05) is 0 Å². The molecule has 0 unspecified atom stereocenters. The van der Waals surface area contributed by atoms with Gasteiger partial charge in [-0.1, -0.05) is 0 Å². The summed E-state index contributed by atoms with van der Waals surface area (Å²) < 4.78 is 0. The Morgan fingerprint density at radius 1 is 0.625 bits per heavy atom. The molecule has 0 aromatic carbocycles. The average molecular weight is 158 g/mol. The van der Waals surface area contributed by atoms with Crippen LogP contribution in [0.1, 0.15) is 0 Å². The Labute approximate surface area is 138 Å². The second-order valence-electron chi connectivity index (χ2n) is 0.447. The zero-order valence-electron chi connectivity index (χ0n) is 2.31. The van der Waals surface area contributed by atoms with Crippen molar-refractivity contribution in [1.82, 2.24) is 0 Å². The minimum atomic E-state index is -0.125. The summed E-state index contributed by atoms with van der Waals surface area (Å²) in [5, 5.41) is 15.2. The fraction of sp³-hybridized carbons (Fsp3) is 1.00. The van der Waals surface area contributed by atoms with Crippen molar-refractivity contribution in [2.75, 3.05) is 13.2 Å². The third kappa shape index (κ3) is 32.6. The Kier molecular flexibility index (Phi) is 114. The first kappa shape index (κ1) is 29.7. The van der Waals surface area contributed by atoms with Crippen molar-refractivity contribution in [3.63, 3.8) is 0 Å². The maximum absolute atomic E-state index is 7.62. The van der Waals surface area contributed by atoms with Gasteiger partial charge in [-0.25, -0.2) is 0 Å². The molecule has 0 bridgehead atoms. The molecule has 2 nitrogen and oxygen atoms in total. The van der Waals surface area contributed by atoms with E-state index in [1.807, 2.05) is 0 Å². The quantitative estimate of drug-likeness (QED) is 0.387. The summed E-state index contributed by atoms with van der Waals surface area (Å²) in [7, 11) is 0. The van der Waals surface area contributed by atoms with Crippen molar-refractivity contribution in [1.29, 1.82) is 0 Å². The van der Waals surface area contributed by atoms with Crippen LogP contribution in [0.4, 0.5) is 0 Å². The maximum atomic E-state index is 7.62. The van der Waals surface area contributed by atoms with Crippen molar-refractivity contribution < 1.29 is 10.2 Å². The van der Waals surface area contributed by atoms with Crippen molar-refractivity contribution in [3.05, 3.63) is 0 Å². The van der Waals surface area contributed by atoms with Gasteiger partial charge in [-0.15, -0.1) is 0 Å². The normalized spacial score (nSPS) is 3.75. The van der Waals surface area contributed by atoms with E-state index in [1.165, 1.54) is 0 Å². The van der Waals surface area contributed by atoms with E-state index in [1.54, 1.807) is 0 Å². The predicted octanol–water partition coefficient (Wildman–Crippen LogP) is -3.62. The number of hydrogen-bond acceptors (Lipinski definition) is 2. The van der Waals surface area contributed by atoms with Crippen LogP contribution >= 0.6 is 0 Å². The van der Waals surface area contributed by atoms with Gasteiger partial charge in [-0.2, -0.15) is 0 Å². The molecule has 34 valence electrons. The zero-order valence-corrected chi connectivity index (χ0v) is 2.31. The molecule has 0 atom stereocenters. The molecule has 0 aliphatic heterocycles. The van der Waals surface area contributed by atoms with Gasteiger partial charge in [0.05, 0.1) is 13.2 Å². The molecular weight excluding hydrogens is 148 g/mol. The van der Waals surface area contributed by atoms with Crippen molar-refractivity contribution in [2.45, 2.75) is 0 Å². The first-order valence-corrected chi connectivity index (χ1v) is 1.13. The van der Waals surface area contributed by atoms with Crippen LogP contribution in [0.2, 0.25) is 0 Å². The summed E-state index contributed by atoms with van der Waals surface area (Å²) in [5.74, 6) is 0. The average Bonchev–Trinajstić information content (AvgIpc) is 1.37. The Morgan fingerprint density at radius 2 is 0.750 bits per heavy atom. The van der Waals surface area contributed by atoms with E-state index in [0.717, 1.165) is 0 Å². The summed E-state index contributed by atoms with van der Waals surface area (Å²) in [6, 6.07) is 0. The summed E-state index contributed by atoms with van der Waals surface area (Å²) in [5.41, 5.74) is 0. The molecule has 0 fully saturated rings. The molecule has 0 aliphatic carbocycles. The molecule has 6 heteroatoms. The van der Waals surface area contributed by atoms with E-state index in [4.69, 9.17) is 10.2 Å². The van der Waals surface area contributed by atoms with Crippen molar-refractivity contribution in [3.8, 4) is 0 Å². The molecule has 0 aromatic rings. The fourth-order valence-electron chi connectivity index (χ4n) is 0. The third-order valence-corrected chi connectivity index (χ3v) is 0.1000. The summed E-state index contributed by atoms with van der Waals surface area (Å²) >= 11 is 0. The first-order valence-electron chi connectivity index (χ1n) is 1.13. The van der Waals surface area contributed by atoms with Crippen LogP contribution in [0.15, 0.2) is 0 Å². The molecule has 2 N–H and O–H groups in total. The van der Waals surface area contributed by atoms with Gasteiger partial charge in [0.25, 0.3) is 0 Å². The van der Waals surface area contributed by atoms with Gasteiger partial charge in [0.1, 0.15) is 0 Å². The predicted molar refractivity (Wildman–Crippen MR) is 42.8 cm³/mol. The van der Waals surface area contributed by atoms with E-state index in [9.17, 15) is 0 Å². The van der Waals surface area contributed by atoms with E-state index in [0.29, 0.717) is 0 Å². The third-order valence-electron chi connectivity index (χ3n) is 0.1000. The summed E-state index contributed by atoms with van der Waals surface area (Å²) in [6.07, 6.45) is 0. The SMILES string of the molecule is OCCO.[NaH].[NaH].[NaH].[NaH]. The molecule has 0 aliphatic rings. The first-order chi connectivity index (χ1) is 1.91. The zero-order chi connectivity index (χ0) is 3.41. The Hall–Kier alpha value is 3.92. The van der Waals surface area contributed by atoms with Crippen LogP contribution in [0.25, 0.3) is 0 Å². The van der Waals surface area contributed by atoms with Gasteiger partial charge in [0.2, 0.25) is 0 Å². The van der Waals surface area contributed by atoms with E-state index in [2.05, 4.69) is 0 Å². The molecule has 0 rings (SSSR count). The molecule has 0 aromatic heterocycles. The fourth-order valence-corrected chi connectivity index (χ4v) is 0. The van der Waals surface area contributed by atoms with Gasteiger partial charge in [-0.05, 0) is 0 Å². The minimum absolute atomic E-state index is 0. The Balaban J connectivity index is -0.00000000750. The van der Waals surface area contributed by atoms with Gasteiger partial charge in [-0.3, -0.25) is 0 Å². The summed E-state index contributed by atoms with van der Waals surface area (Å²) in [6.45, 7) is -0.250. The van der Waals surface area contributed by atoms with E-state index < -0.39 is 0 Å². The van der Waals surface area contributed by atoms with Crippen molar-refractivity contribution in [2.24, 2.45) is 0 Å². The number of hydrogen-bond donors (Lipinski definition) is 2. The number of aliphatic hydroxyl groups is 2. The monoisotopic (exact) mass is 158 g/mol. The molecular formula is C2H10Na4O2. The number of aliphatic hydroxyl groups excluding tert-OH is 2. The van der Waals surface area contributed by atoms with E-state index in [-0.39, 0.29) is 131 Å². The molecule has 8 heavy (non-hydrogen) atoms. The molecule has 0 amide bonds. The van der Waals surface area contributed by atoms with Gasteiger partial charge >= 0.3 is 118 Å². The Bertz CT molecular complexity index is 14.0.